The number of hydrogen-bond donors (Lipinski definition) is 2. The number of benzene rings is 1. The molecule has 130 valence electrons. The van der Waals surface area contributed by atoms with Gasteiger partial charge in [-0.1, -0.05) is 0 Å². The molecule has 1 spiro atoms. The number of esters is 1. The molecular formula is C16H18F2N2O4. The van der Waals surface area contributed by atoms with E-state index in [2.05, 4.69) is 20.1 Å². The monoisotopic (exact) mass is 340 g/mol. The normalized spacial score (nSPS) is 24.9. The minimum Gasteiger partial charge on any atom is -0.465 e. The van der Waals surface area contributed by atoms with Crippen molar-refractivity contribution in [3.8, 4) is 5.75 Å². The predicted molar refractivity (Wildman–Crippen MR) is 81.1 cm³/mol. The van der Waals surface area contributed by atoms with E-state index in [0.717, 1.165) is 32.0 Å². The molecule has 24 heavy (non-hydrogen) atoms. The van der Waals surface area contributed by atoms with Crippen LogP contribution in [0.15, 0.2) is 18.2 Å². The van der Waals surface area contributed by atoms with Crippen LogP contribution in [0, 0.1) is 11.3 Å². The first kappa shape index (κ1) is 16.6. The summed E-state index contributed by atoms with van der Waals surface area (Å²) in [5.41, 5.74) is 0.176. The lowest BCUT2D eigenvalue weighted by Gasteiger charge is -2.14. The topological polar surface area (TPSA) is 76.7 Å². The van der Waals surface area contributed by atoms with Gasteiger partial charge in [0.1, 0.15) is 5.75 Å². The average molecular weight is 340 g/mol. The molecule has 1 aromatic rings. The minimum atomic E-state index is -3.07. The van der Waals surface area contributed by atoms with Gasteiger partial charge in [0.05, 0.1) is 18.4 Å². The highest BCUT2D eigenvalue weighted by molar-refractivity contribution is 5.97. The van der Waals surface area contributed by atoms with Gasteiger partial charge in [-0.2, -0.15) is 8.78 Å². The Bertz CT molecular complexity index is 659. The SMILES string of the molecule is COC(=O)c1ccc(NC(=O)C2CC23CCNC3)c(OC(F)F)c1. The number of hydrogen-bond acceptors (Lipinski definition) is 5. The van der Waals surface area contributed by atoms with E-state index >= 15 is 0 Å². The van der Waals surface area contributed by atoms with Crippen molar-refractivity contribution in [2.45, 2.75) is 19.5 Å². The van der Waals surface area contributed by atoms with Gasteiger partial charge >= 0.3 is 12.6 Å². The largest absolute Gasteiger partial charge is 0.465 e. The summed E-state index contributed by atoms with van der Waals surface area (Å²) in [6.45, 7) is -1.38. The van der Waals surface area contributed by atoms with E-state index in [0.29, 0.717) is 0 Å². The zero-order valence-electron chi connectivity index (χ0n) is 13.1. The number of halogens is 2. The molecule has 0 bridgehead atoms. The molecule has 0 radical (unpaired) electrons. The van der Waals surface area contributed by atoms with E-state index in [1.807, 2.05) is 0 Å². The molecule has 2 fully saturated rings. The van der Waals surface area contributed by atoms with Crippen LogP contribution in [-0.4, -0.2) is 38.7 Å². The van der Waals surface area contributed by atoms with Crippen LogP contribution in [0.3, 0.4) is 0 Å². The van der Waals surface area contributed by atoms with Crippen LogP contribution in [0.25, 0.3) is 0 Å². The summed E-state index contributed by atoms with van der Waals surface area (Å²) < 4.78 is 34.2. The average Bonchev–Trinajstić information content (AvgIpc) is 3.05. The lowest BCUT2D eigenvalue weighted by atomic mass is 10.0. The zero-order chi connectivity index (χ0) is 17.3. The fourth-order valence-electron chi connectivity index (χ4n) is 3.24. The Kier molecular flexibility index (Phi) is 4.40. The van der Waals surface area contributed by atoms with E-state index in [4.69, 9.17) is 0 Å². The Labute approximate surface area is 137 Å². The van der Waals surface area contributed by atoms with Crippen LogP contribution >= 0.6 is 0 Å². The van der Waals surface area contributed by atoms with Crippen molar-refractivity contribution in [3.63, 3.8) is 0 Å². The highest BCUT2D eigenvalue weighted by Gasteiger charge is 2.59. The fraction of sp³-hybridized carbons (Fsp3) is 0.500. The summed E-state index contributed by atoms with van der Waals surface area (Å²) in [7, 11) is 1.19. The Balaban J connectivity index is 1.76. The summed E-state index contributed by atoms with van der Waals surface area (Å²) in [6.07, 6.45) is 1.73. The quantitative estimate of drug-likeness (QED) is 0.802. The molecule has 8 heteroatoms. The van der Waals surface area contributed by atoms with Gasteiger partial charge in [0.25, 0.3) is 0 Å². The van der Waals surface area contributed by atoms with Gasteiger partial charge in [-0.25, -0.2) is 4.79 Å². The van der Waals surface area contributed by atoms with Crippen molar-refractivity contribution in [3.05, 3.63) is 23.8 Å². The maximum Gasteiger partial charge on any atom is 0.387 e. The molecule has 3 rings (SSSR count). The molecule has 0 aromatic heterocycles. The van der Waals surface area contributed by atoms with Crippen molar-refractivity contribution in [2.24, 2.45) is 11.3 Å². The van der Waals surface area contributed by atoms with Crippen LogP contribution in [0.1, 0.15) is 23.2 Å². The predicted octanol–water partition coefficient (Wildman–Crippen LogP) is 2.01. The second kappa shape index (κ2) is 6.35. The maximum absolute atomic E-state index is 12.6. The first-order valence-corrected chi connectivity index (χ1v) is 7.64. The highest BCUT2D eigenvalue weighted by atomic mass is 19.3. The van der Waals surface area contributed by atoms with Gasteiger partial charge in [0.2, 0.25) is 5.91 Å². The van der Waals surface area contributed by atoms with E-state index in [-0.39, 0.29) is 34.2 Å². The van der Waals surface area contributed by atoms with E-state index in [1.54, 1.807) is 0 Å². The first-order chi connectivity index (χ1) is 11.4. The third-order valence-electron chi connectivity index (χ3n) is 4.66. The van der Waals surface area contributed by atoms with Gasteiger partial charge < -0.3 is 20.1 Å². The van der Waals surface area contributed by atoms with Crippen molar-refractivity contribution < 1.29 is 27.8 Å². The molecular weight excluding hydrogens is 322 g/mol. The summed E-state index contributed by atoms with van der Waals surface area (Å²) in [4.78, 5) is 23.9. The number of ether oxygens (including phenoxy) is 2. The molecule has 1 saturated carbocycles. The first-order valence-electron chi connectivity index (χ1n) is 7.64. The Hall–Kier alpha value is -2.22. The van der Waals surface area contributed by atoms with Crippen molar-refractivity contribution in [2.75, 3.05) is 25.5 Å². The van der Waals surface area contributed by atoms with Gasteiger partial charge in [0, 0.05) is 12.5 Å². The van der Waals surface area contributed by atoms with Gasteiger partial charge in [-0.05, 0) is 43.0 Å². The number of alkyl halides is 2. The van der Waals surface area contributed by atoms with Crippen LogP contribution < -0.4 is 15.4 Å². The smallest absolute Gasteiger partial charge is 0.387 e. The molecule has 1 aliphatic heterocycles. The standard InChI is InChI=1S/C16H18F2N2O4/c1-23-14(22)9-2-3-11(12(6-9)24-15(17)18)20-13(21)10-7-16(10)4-5-19-8-16/h2-3,6,10,15,19H,4-5,7-8H2,1H3,(H,20,21). The molecule has 1 heterocycles. The molecule has 1 amide bonds. The number of carbonyl (C=O) groups is 2. The Morgan fingerprint density at radius 2 is 2.21 bits per heavy atom. The maximum atomic E-state index is 12.6. The molecule has 1 aliphatic carbocycles. The van der Waals surface area contributed by atoms with Gasteiger partial charge in [-0.15, -0.1) is 0 Å². The van der Waals surface area contributed by atoms with Crippen LogP contribution in [0.2, 0.25) is 0 Å². The summed E-state index contributed by atoms with van der Waals surface area (Å²) in [5, 5.41) is 5.87. The molecule has 2 atom stereocenters. The van der Waals surface area contributed by atoms with Crippen molar-refractivity contribution >= 4 is 17.6 Å². The number of anilines is 1. The third-order valence-corrected chi connectivity index (χ3v) is 4.66. The number of methoxy groups -OCH3 is 1. The lowest BCUT2D eigenvalue weighted by molar-refractivity contribution is -0.118. The van der Waals surface area contributed by atoms with Crippen LogP contribution in [-0.2, 0) is 9.53 Å². The molecule has 1 saturated heterocycles. The molecule has 2 N–H and O–H groups in total. The van der Waals surface area contributed by atoms with Gasteiger partial charge in [0.15, 0.2) is 0 Å². The van der Waals surface area contributed by atoms with Crippen LogP contribution in [0.5, 0.6) is 5.75 Å². The van der Waals surface area contributed by atoms with Gasteiger partial charge in [-0.3, -0.25) is 4.79 Å². The molecule has 6 nitrogen and oxygen atoms in total. The Morgan fingerprint density at radius 3 is 2.83 bits per heavy atom. The second-order valence-corrected chi connectivity index (χ2v) is 6.12. The van der Waals surface area contributed by atoms with Crippen molar-refractivity contribution in [1.82, 2.24) is 5.32 Å². The number of amides is 1. The Morgan fingerprint density at radius 1 is 1.42 bits per heavy atom. The number of carbonyl (C=O) groups excluding carboxylic acids is 2. The molecule has 2 aliphatic rings. The van der Waals surface area contributed by atoms with E-state index < -0.39 is 12.6 Å². The molecule has 1 aromatic carbocycles. The third kappa shape index (κ3) is 3.19. The van der Waals surface area contributed by atoms with Crippen LogP contribution in [0.4, 0.5) is 14.5 Å². The fourth-order valence-corrected chi connectivity index (χ4v) is 3.24. The summed E-state index contributed by atoms with van der Waals surface area (Å²) in [6, 6.07) is 3.89. The van der Waals surface area contributed by atoms with E-state index in [1.165, 1.54) is 19.2 Å². The summed E-state index contributed by atoms with van der Waals surface area (Å²) >= 11 is 0. The summed E-state index contributed by atoms with van der Waals surface area (Å²) in [5.74, 6) is -1.29. The zero-order valence-corrected chi connectivity index (χ0v) is 13.1. The second-order valence-electron chi connectivity index (χ2n) is 6.12. The number of nitrogens with one attached hydrogen (secondary N) is 2. The lowest BCUT2D eigenvalue weighted by Crippen LogP contribution is -2.21. The highest BCUT2D eigenvalue weighted by Crippen LogP contribution is 2.57. The molecule has 2 unspecified atom stereocenters. The van der Waals surface area contributed by atoms with Crippen molar-refractivity contribution in [1.29, 1.82) is 0 Å². The van der Waals surface area contributed by atoms with E-state index in [9.17, 15) is 18.4 Å². The number of rotatable bonds is 5. The minimum absolute atomic E-state index is 0.000223.